The van der Waals surface area contributed by atoms with Crippen molar-refractivity contribution >= 4 is 24.2 Å². The third kappa shape index (κ3) is 4.10. The van der Waals surface area contributed by atoms with Crippen LogP contribution in [-0.4, -0.2) is 47.5 Å². The van der Waals surface area contributed by atoms with E-state index in [1.165, 1.54) is 0 Å². The van der Waals surface area contributed by atoms with E-state index >= 15 is 0 Å². The maximum absolute atomic E-state index is 5.51. The molecule has 1 fully saturated rings. The van der Waals surface area contributed by atoms with E-state index in [2.05, 4.69) is 48.2 Å². The predicted octanol–water partition coefficient (Wildman–Crippen LogP) is 2.52. The second-order valence-electron chi connectivity index (χ2n) is 5.31. The van der Waals surface area contributed by atoms with Gasteiger partial charge in [-0.15, -0.1) is 24.2 Å². The maximum atomic E-state index is 5.51. The first kappa shape index (κ1) is 17.8. The van der Waals surface area contributed by atoms with Gasteiger partial charge in [-0.1, -0.05) is 25.9 Å². The van der Waals surface area contributed by atoms with Crippen LogP contribution in [0.4, 0.5) is 0 Å². The van der Waals surface area contributed by atoms with E-state index in [1.807, 2.05) is 11.8 Å². The zero-order chi connectivity index (χ0) is 13.8. The van der Waals surface area contributed by atoms with E-state index in [0.29, 0.717) is 11.2 Å². The van der Waals surface area contributed by atoms with Gasteiger partial charge >= 0.3 is 0 Å². The average molecular weight is 321 g/mol. The molecule has 2 atom stereocenters. The van der Waals surface area contributed by atoms with Gasteiger partial charge in [-0.3, -0.25) is 4.90 Å². The van der Waals surface area contributed by atoms with E-state index in [9.17, 15) is 0 Å². The molecule has 0 aliphatic carbocycles. The quantitative estimate of drug-likeness (QED) is 0.899. The summed E-state index contributed by atoms with van der Waals surface area (Å²) in [6, 6.07) is 0.227. The van der Waals surface area contributed by atoms with Gasteiger partial charge in [-0.2, -0.15) is 4.98 Å². The molecule has 5 nitrogen and oxygen atoms in total. The largest absolute Gasteiger partial charge is 0.338 e. The molecule has 0 bridgehead atoms. The Labute approximate surface area is 131 Å². The minimum Gasteiger partial charge on any atom is -0.338 e. The molecule has 20 heavy (non-hydrogen) atoms. The number of halogens is 1. The second kappa shape index (κ2) is 8.22. The minimum atomic E-state index is 0. The van der Waals surface area contributed by atoms with Crippen LogP contribution in [0.1, 0.15) is 43.8 Å². The fourth-order valence-corrected chi connectivity index (χ4v) is 3.30. The summed E-state index contributed by atoms with van der Waals surface area (Å²) in [5, 5.41) is 7.88. The summed E-state index contributed by atoms with van der Waals surface area (Å²) in [6.45, 7) is 9.50. The number of rotatable bonds is 5. The molecule has 1 N–H and O–H groups in total. The standard InChI is InChI=1S/C13H24N4OS.ClH/c1-5-19-11(9(2)3)13-15-12(16-18-13)10-8-14-6-7-17(10)4;/h9-11,14H,5-8H2,1-4H3;1H. The predicted molar refractivity (Wildman–Crippen MR) is 85.5 cm³/mol. The van der Waals surface area contributed by atoms with Crippen LogP contribution in [0.2, 0.25) is 0 Å². The maximum Gasteiger partial charge on any atom is 0.240 e. The highest BCUT2D eigenvalue weighted by atomic mass is 35.5. The summed E-state index contributed by atoms with van der Waals surface area (Å²) in [6.07, 6.45) is 0. The monoisotopic (exact) mass is 320 g/mol. The van der Waals surface area contributed by atoms with Gasteiger partial charge in [-0.25, -0.2) is 0 Å². The molecule has 1 aliphatic rings. The Morgan fingerprint density at radius 2 is 2.25 bits per heavy atom. The van der Waals surface area contributed by atoms with Gasteiger partial charge in [0.25, 0.3) is 0 Å². The number of hydrogen-bond acceptors (Lipinski definition) is 6. The topological polar surface area (TPSA) is 54.2 Å². The number of hydrogen-bond donors (Lipinski definition) is 1. The van der Waals surface area contributed by atoms with Gasteiger partial charge in [0.05, 0.1) is 11.3 Å². The number of likely N-dealkylation sites (N-methyl/N-ethyl adjacent to an activating group) is 1. The molecular weight excluding hydrogens is 296 g/mol. The summed E-state index contributed by atoms with van der Waals surface area (Å²) in [7, 11) is 2.11. The zero-order valence-electron chi connectivity index (χ0n) is 12.6. The normalized spacial score (nSPS) is 21.8. The van der Waals surface area contributed by atoms with Crippen molar-refractivity contribution in [1.29, 1.82) is 0 Å². The van der Waals surface area contributed by atoms with Crippen LogP contribution in [0.15, 0.2) is 4.52 Å². The Morgan fingerprint density at radius 1 is 1.50 bits per heavy atom. The summed E-state index contributed by atoms with van der Waals surface area (Å²) in [5.41, 5.74) is 0. The highest BCUT2D eigenvalue weighted by Crippen LogP contribution is 2.35. The van der Waals surface area contributed by atoms with Crippen molar-refractivity contribution in [3.05, 3.63) is 11.7 Å². The summed E-state index contributed by atoms with van der Waals surface area (Å²) in [5.74, 6) is 3.15. The summed E-state index contributed by atoms with van der Waals surface area (Å²) in [4.78, 5) is 6.92. The molecule has 116 valence electrons. The first-order chi connectivity index (χ1) is 9.13. The van der Waals surface area contributed by atoms with Crippen LogP contribution in [0.5, 0.6) is 0 Å². The molecule has 1 aromatic rings. The van der Waals surface area contributed by atoms with E-state index in [4.69, 9.17) is 4.52 Å². The van der Waals surface area contributed by atoms with E-state index < -0.39 is 0 Å². The molecule has 0 aromatic carbocycles. The third-order valence-corrected chi connectivity index (χ3v) is 4.90. The lowest BCUT2D eigenvalue weighted by Crippen LogP contribution is -2.44. The summed E-state index contributed by atoms with van der Waals surface area (Å²) >= 11 is 1.87. The fraction of sp³-hybridized carbons (Fsp3) is 0.846. The number of thioether (sulfide) groups is 1. The average Bonchev–Trinajstić information content (AvgIpc) is 2.85. The molecule has 2 rings (SSSR count). The van der Waals surface area contributed by atoms with Crippen LogP contribution in [-0.2, 0) is 0 Å². The molecule has 0 saturated carbocycles. The second-order valence-corrected chi connectivity index (χ2v) is 6.73. The van der Waals surface area contributed by atoms with Crippen molar-refractivity contribution < 1.29 is 4.52 Å². The Kier molecular flexibility index (Phi) is 7.29. The van der Waals surface area contributed by atoms with Gasteiger partial charge in [0.1, 0.15) is 0 Å². The molecule has 0 amide bonds. The van der Waals surface area contributed by atoms with Crippen molar-refractivity contribution in [2.75, 3.05) is 32.4 Å². The number of aromatic nitrogens is 2. The first-order valence-electron chi connectivity index (χ1n) is 6.99. The molecule has 1 aliphatic heterocycles. The smallest absolute Gasteiger partial charge is 0.240 e. The van der Waals surface area contributed by atoms with Crippen LogP contribution in [0.25, 0.3) is 0 Å². The highest BCUT2D eigenvalue weighted by molar-refractivity contribution is 7.99. The van der Waals surface area contributed by atoms with Crippen LogP contribution in [0.3, 0.4) is 0 Å². The van der Waals surface area contributed by atoms with Gasteiger partial charge < -0.3 is 9.84 Å². The van der Waals surface area contributed by atoms with Crippen LogP contribution >= 0.6 is 24.2 Å². The Hall–Kier alpha value is -0.300. The van der Waals surface area contributed by atoms with Crippen molar-refractivity contribution in [2.45, 2.75) is 32.1 Å². The first-order valence-corrected chi connectivity index (χ1v) is 8.04. The van der Waals surface area contributed by atoms with Gasteiger partial charge in [0.15, 0.2) is 5.82 Å². The van der Waals surface area contributed by atoms with Crippen molar-refractivity contribution in [1.82, 2.24) is 20.4 Å². The Morgan fingerprint density at radius 3 is 2.85 bits per heavy atom. The zero-order valence-corrected chi connectivity index (χ0v) is 14.3. The third-order valence-electron chi connectivity index (χ3n) is 3.46. The van der Waals surface area contributed by atoms with E-state index in [-0.39, 0.29) is 18.4 Å². The Bertz CT molecular complexity index is 383. The van der Waals surface area contributed by atoms with Crippen molar-refractivity contribution in [3.63, 3.8) is 0 Å². The van der Waals surface area contributed by atoms with Crippen LogP contribution < -0.4 is 5.32 Å². The molecule has 1 saturated heterocycles. The number of nitrogens with one attached hydrogen (secondary N) is 1. The van der Waals surface area contributed by atoms with Crippen molar-refractivity contribution in [2.24, 2.45) is 5.92 Å². The lowest BCUT2D eigenvalue weighted by atomic mass is 10.1. The van der Waals surface area contributed by atoms with Crippen molar-refractivity contribution in [3.8, 4) is 0 Å². The fourth-order valence-electron chi connectivity index (χ4n) is 2.32. The Balaban J connectivity index is 0.00000200. The van der Waals surface area contributed by atoms with E-state index in [0.717, 1.165) is 37.1 Å². The minimum absolute atomic E-state index is 0. The number of piperazine rings is 1. The lowest BCUT2D eigenvalue weighted by Gasteiger charge is -2.30. The van der Waals surface area contributed by atoms with E-state index in [1.54, 1.807) is 0 Å². The number of nitrogens with zero attached hydrogens (tertiary/aromatic N) is 3. The summed E-state index contributed by atoms with van der Waals surface area (Å²) < 4.78 is 5.51. The SMILES string of the molecule is CCSC(c1nc(C2CNCCN2C)no1)C(C)C.Cl. The molecule has 0 spiro atoms. The van der Waals surface area contributed by atoms with Gasteiger partial charge in [0, 0.05) is 19.6 Å². The molecule has 1 aromatic heterocycles. The van der Waals surface area contributed by atoms with Gasteiger partial charge in [-0.05, 0) is 18.7 Å². The molecule has 2 unspecified atom stereocenters. The van der Waals surface area contributed by atoms with Gasteiger partial charge in [0.2, 0.25) is 5.89 Å². The lowest BCUT2D eigenvalue weighted by molar-refractivity contribution is 0.190. The molecule has 7 heteroatoms. The highest BCUT2D eigenvalue weighted by Gasteiger charge is 2.28. The van der Waals surface area contributed by atoms with Crippen LogP contribution in [0, 0.1) is 5.92 Å². The molecular formula is C13H25ClN4OS. The molecule has 0 radical (unpaired) electrons. The molecule has 2 heterocycles.